The van der Waals surface area contributed by atoms with Crippen molar-refractivity contribution in [1.29, 1.82) is 0 Å². The molecule has 29 heavy (non-hydrogen) atoms. The van der Waals surface area contributed by atoms with Crippen molar-refractivity contribution in [3.63, 3.8) is 0 Å². The Bertz CT molecular complexity index is 457. The largest absolute Gasteiger partial charge is 0.306 e. The van der Waals surface area contributed by atoms with Crippen LogP contribution in [0.5, 0.6) is 0 Å². The molecule has 0 aromatic heterocycles. The van der Waals surface area contributed by atoms with Gasteiger partial charge >= 0.3 is 0 Å². The van der Waals surface area contributed by atoms with Crippen LogP contribution >= 0.6 is 12.4 Å². The van der Waals surface area contributed by atoms with E-state index in [1.54, 1.807) is 0 Å². The highest BCUT2D eigenvalue weighted by molar-refractivity contribution is 5.85. The Labute approximate surface area is 188 Å². The Morgan fingerprint density at radius 1 is 0.655 bits per heavy atom. The molecule has 0 atom stereocenters. The van der Waals surface area contributed by atoms with Crippen LogP contribution in [-0.4, -0.2) is 25.0 Å². The smallest absolute Gasteiger partial charge is 0.00130 e. The average Bonchev–Trinajstić information content (AvgIpc) is 2.72. The number of rotatable bonds is 19. The number of hydrogen-bond acceptors (Lipinski definition) is 1. The third kappa shape index (κ3) is 18.9. The Balaban J connectivity index is 0.00000784. The molecule has 0 amide bonds. The zero-order valence-electron chi connectivity index (χ0n) is 19.4. The standard InChI is InChI=1S/C27H47N.ClH/c1-3-4-5-6-7-8-9-10-11-12-13-14-15-20-25-28(2)26-21-19-24-27-22-17-16-18-23-27;/h16-19,22-24H,3-15,20-21,25-26H2,1-2H3;1H/b24-19+;. The fraction of sp³-hybridized carbons (Fsp3) is 0.704. The molecule has 0 unspecified atom stereocenters. The summed E-state index contributed by atoms with van der Waals surface area (Å²) in [6, 6.07) is 10.6. The molecular formula is C27H48ClN. The molecule has 0 spiro atoms. The Hall–Kier alpha value is -0.790. The van der Waals surface area contributed by atoms with Gasteiger partial charge < -0.3 is 4.90 Å². The molecule has 0 fully saturated rings. The second kappa shape index (κ2) is 21.9. The first-order valence-corrected chi connectivity index (χ1v) is 12.2. The third-order valence-corrected chi connectivity index (χ3v) is 5.68. The van der Waals surface area contributed by atoms with Crippen molar-refractivity contribution in [3.05, 3.63) is 42.0 Å². The van der Waals surface area contributed by atoms with Crippen molar-refractivity contribution in [1.82, 2.24) is 4.90 Å². The monoisotopic (exact) mass is 421 g/mol. The van der Waals surface area contributed by atoms with Crippen molar-refractivity contribution < 1.29 is 0 Å². The van der Waals surface area contributed by atoms with Crippen LogP contribution in [0.4, 0.5) is 0 Å². The maximum absolute atomic E-state index is 2.48. The van der Waals surface area contributed by atoms with E-state index >= 15 is 0 Å². The number of nitrogens with zero attached hydrogens (tertiary/aromatic N) is 1. The molecule has 1 aromatic rings. The first-order valence-electron chi connectivity index (χ1n) is 12.2. The molecule has 0 heterocycles. The van der Waals surface area contributed by atoms with E-state index < -0.39 is 0 Å². The van der Waals surface area contributed by atoms with Gasteiger partial charge in [0, 0.05) is 6.54 Å². The van der Waals surface area contributed by atoms with E-state index in [2.05, 4.69) is 61.4 Å². The lowest BCUT2D eigenvalue weighted by Gasteiger charge is -2.15. The van der Waals surface area contributed by atoms with Crippen molar-refractivity contribution in [2.45, 2.75) is 103 Å². The fourth-order valence-electron chi connectivity index (χ4n) is 3.77. The molecular weight excluding hydrogens is 374 g/mol. The van der Waals surface area contributed by atoms with Crippen molar-refractivity contribution in [2.24, 2.45) is 0 Å². The minimum Gasteiger partial charge on any atom is -0.306 e. The van der Waals surface area contributed by atoms with Crippen molar-refractivity contribution in [3.8, 4) is 0 Å². The van der Waals surface area contributed by atoms with Gasteiger partial charge in [0.05, 0.1) is 0 Å². The summed E-state index contributed by atoms with van der Waals surface area (Å²) in [4.78, 5) is 2.48. The van der Waals surface area contributed by atoms with Crippen LogP contribution in [0.15, 0.2) is 36.4 Å². The summed E-state index contributed by atoms with van der Waals surface area (Å²) in [7, 11) is 2.26. The summed E-state index contributed by atoms with van der Waals surface area (Å²) < 4.78 is 0. The number of benzene rings is 1. The van der Waals surface area contributed by atoms with Crippen LogP contribution in [0.1, 0.15) is 109 Å². The molecule has 0 saturated carbocycles. The van der Waals surface area contributed by atoms with Gasteiger partial charge in [-0.25, -0.2) is 0 Å². The molecule has 0 aliphatic heterocycles. The molecule has 0 aliphatic rings. The molecule has 0 bridgehead atoms. The molecule has 1 nitrogen and oxygen atoms in total. The fourth-order valence-corrected chi connectivity index (χ4v) is 3.77. The van der Waals surface area contributed by atoms with Gasteiger partial charge in [0.15, 0.2) is 0 Å². The SMILES string of the molecule is CCCCCCCCCCCCCCCCN(C)CC/C=C/c1ccccc1.Cl. The topological polar surface area (TPSA) is 3.24 Å². The van der Waals surface area contributed by atoms with Gasteiger partial charge in [-0.2, -0.15) is 0 Å². The van der Waals surface area contributed by atoms with Crippen LogP contribution in [0, 0.1) is 0 Å². The molecule has 168 valence electrons. The summed E-state index contributed by atoms with van der Waals surface area (Å²) in [6.45, 7) is 4.71. The summed E-state index contributed by atoms with van der Waals surface area (Å²) in [5.74, 6) is 0. The lowest BCUT2D eigenvalue weighted by molar-refractivity contribution is 0.329. The van der Waals surface area contributed by atoms with Crippen LogP contribution < -0.4 is 0 Å². The maximum atomic E-state index is 2.48. The first kappa shape index (κ1) is 28.2. The highest BCUT2D eigenvalue weighted by Crippen LogP contribution is 2.13. The van der Waals surface area contributed by atoms with Crippen LogP contribution in [0.25, 0.3) is 6.08 Å². The van der Waals surface area contributed by atoms with Crippen molar-refractivity contribution in [2.75, 3.05) is 20.1 Å². The molecule has 0 radical (unpaired) electrons. The second-order valence-corrected chi connectivity index (χ2v) is 8.50. The molecule has 0 N–H and O–H groups in total. The summed E-state index contributed by atoms with van der Waals surface area (Å²) >= 11 is 0. The normalized spacial score (nSPS) is 11.3. The van der Waals surface area contributed by atoms with Crippen LogP contribution in [-0.2, 0) is 0 Å². The van der Waals surface area contributed by atoms with E-state index in [1.165, 1.54) is 109 Å². The molecule has 2 heteroatoms. The lowest BCUT2D eigenvalue weighted by atomic mass is 10.0. The minimum absolute atomic E-state index is 0. The van der Waals surface area contributed by atoms with Gasteiger partial charge in [0.25, 0.3) is 0 Å². The zero-order chi connectivity index (χ0) is 20.1. The van der Waals surface area contributed by atoms with Crippen molar-refractivity contribution >= 4 is 18.5 Å². The van der Waals surface area contributed by atoms with Gasteiger partial charge in [0.2, 0.25) is 0 Å². The molecule has 0 aliphatic carbocycles. The number of unbranched alkanes of at least 4 members (excludes halogenated alkanes) is 13. The molecule has 0 saturated heterocycles. The van der Waals surface area contributed by atoms with Gasteiger partial charge in [0.1, 0.15) is 0 Å². The quantitative estimate of drug-likeness (QED) is 0.201. The van der Waals surface area contributed by atoms with Crippen LogP contribution in [0.3, 0.4) is 0 Å². The average molecular weight is 422 g/mol. The van der Waals surface area contributed by atoms with Gasteiger partial charge in [-0.1, -0.05) is 133 Å². The lowest BCUT2D eigenvalue weighted by Crippen LogP contribution is -2.20. The number of hydrogen-bond donors (Lipinski definition) is 0. The maximum Gasteiger partial charge on any atom is 0.00130 e. The van der Waals surface area contributed by atoms with E-state index in [9.17, 15) is 0 Å². The third-order valence-electron chi connectivity index (χ3n) is 5.68. The zero-order valence-corrected chi connectivity index (χ0v) is 20.2. The Morgan fingerprint density at radius 3 is 1.66 bits per heavy atom. The van der Waals surface area contributed by atoms with E-state index in [0.29, 0.717) is 0 Å². The Morgan fingerprint density at radius 2 is 1.14 bits per heavy atom. The highest BCUT2D eigenvalue weighted by atomic mass is 35.5. The van der Waals surface area contributed by atoms with E-state index in [-0.39, 0.29) is 12.4 Å². The summed E-state index contributed by atoms with van der Waals surface area (Å²) in [5, 5.41) is 0. The minimum atomic E-state index is 0. The highest BCUT2D eigenvalue weighted by Gasteiger charge is 1.98. The van der Waals surface area contributed by atoms with E-state index in [1.807, 2.05) is 0 Å². The number of halogens is 1. The summed E-state index contributed by atoms with van der Waals surface area (Å²) in [6.07, 6.45) is 25.8. The van der Waals surface area contributed by atoms with Gasteiger partial charge in [-0.05, 0) is 32.0 Å². The molecule has 1 rings (SSSR count). The molecule has 1 aromatic carbocycles. The Kier molecular flexibility index (Phi) is 21.3. The summed E-state index contributed by atoms with van der Waals surface area (Å²) in [5.41, 5.74) is 1.30. The van der Waals surface area contributed by atoms with E-state index in [4.69, 9.17) is 0 Å². The first-order chi connectivity index (χ1) is 13.8. The predicted octanol–water partition coefficient (Wildman–Crippen LogP) is 8.92. The van der Waals surface area contributed by atoms with Gasteiger partial charge in [-0.15, -0.1) is 12.4 Å². The van der Waals surface area contributed by atoms with Crippen LogP contribution in [0.2, 0.25) is 0 Å². The van der Waals surface area contributed by atoms with Gasteiger partial charge in [-0.3, -0.25) is 0 Å². The predicted molar refractivity (Wildman–Crippen MR) is 135 cm³/mol. The second-order valence-electron chi connectivity index (χ2n) is 8.50. The van der Waals surface area contributed by atoms with E-state index in [0.717, 1.165) is 6.42 Å².